The molecule has 2 aliphatic rings. The number of nitrogens with zero attached hydrogens (tertiary/aromatic N) is 1. The van der Waals surface area contributed by atoms with Gasteiger partial charge in [-0.25, -0.2) is 0 Å². The van der Waals surface area contributed by atoms with Gasteiger partial charge in [-0.1, -0.05) is 37.1 Å². The molecule has 88 valence electrons. The van der Waals surface area contributed by atoms with Crippen molar-refractivity contribution < 1.29 is 5.11 Å². The molecule has 2 aliphatic carbocycles. The van der Waals surface area contributed by atoms with Crippen molar-refractivity contribution in [3.05, 3.63) is 35.4 Å². The maximum absolute atomic E-state index is 10.9. The van der Waals surface area contributed by atoms with Crippen LogP contribution in [0.1, 0.15) is 36.8 Å². The third-order valence-corrected chi connectivity index (χ3v) is 4.65. The number of nitriles is 1. The molecular weight excluding hydrogens is 210 g/mol. The van der Waals surface area contributed by atoms with Gasteiger partial charge in [0.25, 0.3) is 0 Å². The largest absolute Gasteiger partial charge is 0.388 e. The van der Waals surface area contributed by atoms with Crippen LogP contribution in [0.5, 0.6) is 0 Å². The van der Waals surface area contributed by atoms with Crippen LogP contribution in [0.25, 0.3) is 0 Å². The number of hydrogen-bond acceptors (Lipinski definition) is 2. The molecule has 0 radical (unpaired) electrons. The summed E-state index contributed by atoms with van der Waals surface area (Å²) in [6.07, 6.45) is 5.16. The van der Waals surface area contributed by atoms with Gasteiger partial charge in [-0.15, -0.1) is 0 Å². The second-order valence-electron chi connectivity index (χ2n) is 5.55. The van der Waals surface area contributed by atoms with E-state index in [1.165, 1.54) is 11.1 Å². The average molecular weight is 227 g/mol. The zero-order valence-electron chi connectivity index (χ0n) is 9.95. The normalized spacial score (nSPS) is 24.2. The molecule has 1 aromatic rings. The SMILES string of the molecule is N#CC1(C2(O)Cc3ccccc3C2)CCCC1. The van der Waals surface area contributed by atoms with Crippen molar-refractivity contribution >= 4 is 0 Å². The van der Waals surface area contributed by atoms with Crippen LogP contribution in [0.3, 0.4) is 0 Å². The molecule has 2 heteroatoms. The fraction of sp³-hybridized carbons (Fsp3) is 0.533. The Morgan fingerprint density at radius 3 is 2.06 bits per heavy atom. The predicted molar refractivity (Wildman–Crippen MR) is 65.3 cm³/mol. The van der Waals surface area contributed by atoms with Crippen molar-refractivity contribution in [1.29, 1.82) is 5.26 Å². The zero-order valence-corrected chi connectivity index (χ0v) is 9.95. The summed E-state index contributed by atoms with van der Waals surface area (Å²) in [6, 6.07) is 10.6. The molecular formula is C15H17NO. The lowest BCUT2D eigenvalue weighted by atomic mass is 9.70. The Hall–Kier alpha value is -1.33. The van der Waals surface area contributed by atoms with Gasteiger partial charge in [0.2, 0.25) is 0 Å². The molecule has 0 spiro atoms. The minimum atomic E-state index is -0.831. The van der Waals surface area contributed by atoms with Crippen molar-refractivity contribution in [2.24, 2.45) is 5.41 Å². The molecule has 3 rings (SSSR count). The van der Waals surface area contributed by atoms with E-state index in [4.69, 9.17) is 0 Å². The highest BCUT2D eigenvalue weighted by atomic mass is 16.3. The minimum Gasteiger partial charge on any atom is -0.388 e. The summed E-state index contributed by atoms with van der Waals surface area (Å²) in [5, 5.41) is 20.5. The first-order chi connectivity index (χ1) is 8.19. The minimum absolute atomic E-state index is 0.508. The summed E-state index contributed by atoms with van der Waals surface area (Å²) in [7, 11) is 0. The van der Waals surface area contributed by atoms with Gasteiger partial charge in [0, 0.05) is 12.8 Å². The quantitative estimate of drug-likeness (QED) is 0.801. The first-order valence-electron chi connectivity index (χ1n) is 6.40. The standard InChI is InChI=1S/C15H17NO/c16-11-14(7-3-4-8-14)15(17)9-12-5-1-2-6-13(12)10-15/h1-2,5-6,17H,3-4,7-10H2. The fourth-order valence-corrected chi connectivity index (χ4v) is 3.59. The molecule has 0 heterocycles. The second-order valence-corrected chi connectivity index (χ2v) is 5.55. The Kier molecular flexibility index (Phi) is 2.27. The molecule has 0 atom stereocenters. The smallest absolute Gasteiger partial charge is 0.0913 e. The number of aliphatic hydroxyl groups is 1. The van der Waals surface area contributed by atoms with E-state index >= 15 is 0 Å². The van der Waals surface area contributed by atoms with Crippen LogP contribution in [-0.2, 0) is 12.8 Å². The van der Waals surface area contributed by atoms with E-state index in [1.807, 2.05) is 12.1 Å². The van der Waals surface area contributed by atoms with E-state index in [1.54, 1.807) is 0 Å². The van der Waals surface area contributed by atoms with E-state index in [9.17, 15) is 10.4 Å². The maximum Gasteiger partial charge on any atom is 0.0913 e. The van der Waals surface area contributed by atoms with E-state index in [2.05, 4.69) is 18.2 Å². The molecule has 1 aromatic carbocycles. The van der Waals surface area contributed by atoms with Gasteiger partial charge in [-0.05, 0) is 24.0 Å². The van der Waals surface area contributed by atoms with Gasteiger partial charge in [0.05, 0.1) is 17.1 Å². The molecule has 0 unspecified atom stereocenters. The van der Waals surface area contributed by atoms with Crippen LogP contribution in [0.2, 0.25) is 0 Å². The molecule has 17 heavy (non-hydrogen) atoms. The molecule has 0 amide bonds. The third-order valence-electron chi connectivity index (χ3n) is 4.65. The van der Waals surface area contributed by atoms with E-state index < -0.39 is 11.0 Å². The summed E-state index contributed by atoms with van der Waals surface area (Å²) in [6.45, 7) is 0. The lowest BCUT2D eigenvalue weighted by Gasteiger charge is -2.37. The van der Waals surface area contributed by atoms with Gasteiger partial charge in [0.15, 0.2) is 0 Å². The maximum atomic E-state index is 10.9. The fourth-order valence-electron chi connectivity index (χ4n) is 3.59. The van der Waals surface area contributed by atoms with E-state index in [0.29, 0.717) is 12.8 Å². The third kappa shape index (κ3) is 1.42. The van der Waals surface area contributed by atoms with Gasteiger partial charge >= 0.3 is 0 Å². The molecule has 1 N–H and O–H groups in total. The topological polar surface area (TPSA) is 44.0 Å². The summed E-state index contributed by atoms with van der Waals surface area (Å²) < 4.78 is 0. The molecule has 0 bridgehead atoms. The lowest BCUT2D eigenvalue weighted by Crippen LogP contribution is -2.46. The Labute approximate surface area is 102 Å². The van der Waals surface area contributed by atoms with Crippen LogP contribution in [0.15, 0.2) is 24.3 Å². The number of rotatable bonds is 1. The first kappa shape index (κ1) is 10.8. The molecule has 0 aliphatic heterocycles. The van der Waals surface area contributed by atoms with Crippen molar-refractivity contribution in [2.45, 2.75) is 44.1 Å². The summed E-state index contributed by atoms with van der Waals surface area (Å²) >= 11 is 0. The number of fused-ring (bicyclic) bond motifs is 1. The van der Waals surface area contributed by atoms with E-state index in [0.717, 1.165) is 25.7 Å². The highest BCUT2D eigenvalue weighted by Crippen LogP contribution is 2.51. The van der Waals surface area contributed by atoms with Crippen LogP contribution in [-0.4, -0.2) is 10.7 Å². The Morgan fingerprint density at radius 2 is 1.59 bits per heavy atom. The van der Waals surface area contributed by atoms with Crippen molar-refractivity contribution in [3.8, 4) is 6.07 Å². The monoisotopic (exact) mass is 227 g/mol. The molecule has 1 saturated carbocycles. The van der Waals surface area contributed by atoms with Crippen molar-refractivity contribution in [3.63, 3.8) is 0 Å². The van der Waals surface area contributed by atoms with Gasteiger partial charge in [-0.3, -0.25) is 0 Å². The van der Waals surface area contributed by atoms with Gasteiger partial charge < -0.3 is 5.11 Å². The average Bonchev–Trinajstić information content (AvgIpc) is 2.93. The Bertz CT molecular complexity index is 455. The van der Waals surface area contributed by atoms with Crippen LogP contribution >= 0.6 is 0 Å². The van der Waals surface area contributed by atoms with Crippen LogP contribution in [0.4, 0.5) is 0 Å². The summed E-state index contributed by atoms with van der Waals surface area (Å²) in [5.41, 5.74) is 1.10. The number of benzene rings is 1. The summed E-state index contributed by atoms with van der Waals surface area (Å²) in [4.78, 5) is 0. The highest BCUT2D eigenvalue weighted by molar-refractivity contribution is 5.38. The van der Waals surface area contributed by atoms with Gasteiger partial charge in [-0.2, -0.15) is 5.26 Å². The number of hydrogen-bond donors (Lipinski definition) is 1. The van der Waals surface area contributed by atoms with E-state index in [-0.39, 0.29) is 0 Å². The lowest BCUT2D eigenvalue weighted by molar-refractivity contribution is -0.0437. The van der Waals surface area contributed by atoms with Crippen molar-refractivity contribution in [2.75, 3.05) is 0 Å². The summed E-state index contributed by atoms with van der Waals surface area (Å²) in [5.74, 6) is 0. The van der Waals surface area contributed by atoms with Gasteiger partial charge in [0.1, 0.15) is 0 Å². The highest BCUT2D eigenvalue weighted by Gasteiger charge is 2.54. The Balaban J connectivity index is 1.98. The zero-order chi connectivity index (χ0) is 11.9. The molecule has 2 nitrogen and oxygen atoms in total. The predicted octanol–water partition coefficient (Wildman–Crippen LogP) is 2.60. The van der Waals surface area contributed by atoms with Crippen molar-refractivity contribution in [1.82, 2.24) is 0 Å². The van der Waals surface area contributed by atoms with Crippen LogP contribution < -0.4 is 0 Å². The molecule has 0 aromatic heterocycles. The Morgan fingerprint density at radius 1 is 1.06 bits per heavy atom. The van der Waals surface area contributed by atoms with Crippen LogP contribution in [0, 0.1) is 16.7 Å². The molecule has 0 saturated heterocycles. The first-order valence-corrected chi connectivity index (χ1v) is 6.40. The molecule has 1 fully saturated rings. The second kappa shape index (κ2) is 3.58.